The van der Waals surface area contributed by atoms with Crippen LogP contribution in [0.3, 0.4) is 0 Å². The minimum Gasteiger partial charge on any atom is -0.374 e. The average molecular weight is 277 g/mol. The van der Waals surface area contributed by atoms with Gasteiger partial charge >= 0.3 is 8.80 Å². The Morgan fingerprint density at radius 1 is 1.06 bits per heavy atom. The molecule has 0 aromatic heterocycles. The van der Waals surface area contributed by atoms with E-state index in [1.54, 1.807) is 0 Å². The van der Waals surface area contributed by atoms with E-state index in [9.17, 15) is 0 Å². The molecular formula is C13H31NO3Si. The van der Waals surface area contributed by atoms with Gasteiger partial charge in [0.2, 0.25) is 0 Å². The summed E-state index contributed by atoms with van der Waals surface area (Å²) in [4.78, 5) is 0. The van der Waals surface area contributed by atoms with Gasteiger partial charge in [-0.1, -0.05) is 19.8 Å². The summed E-state index contributed by atoms with van der Waals surface area (Å²) in [6.07, 6.45) is 4.53. The highest BCUT2D eigenvalue weighted by Gasteiger charge is 2.41. The molecule has 0 aliphatic heterocycles. The fraction of sp³-hybridized carbons (Fsp3) is 1.00. The first-order valence-electron chi connectivity index (χ1n) is 7.29. The Bertz CT molecular complexity index is 187. The van der Waals surface area contributed by atoms with Crippen LogP contribution >= 0.6 is 0 Å². The van der Waals surface area contributed by atoms with Gasteiger partial charge in [-0.25, -0.2) is 0 Å². The van der Waals surface area contributed by atoms with Crippen molar-refractivity contribution in [2.24, 2.45) is 5.73 Å². The quantitative estimate of drug-likeness (QED) is 0.557. The van der Waals surface area contributed by atoms with Gasteiger partial charge in [0, 0.05) is 25.4 Å². The van der Waals surface area contributed by atoms with Crippen LogP contribution in [0, 0.1) is 0 Å². The maximum absolute atomic E-state index is 6.16. The Labute approximate surface area is 114 Å². The zero-order chi connectivity index (χ0) is 13.9. The maximum atomic E-state index is 6.16. The standard InChI is InChI=1S/C13H31NO3Si/c1-5-8-10-13(4)17-18(15-6-2,16-7-3)12-9-11-14/h13H,5-12,14H2,1-4H3. The molecule has 0 aliphatic rings. The summed E-state index contributed by atoms with van der Waals surface area (Å²) in [5.41, 5.74) is 5.59. The molecule has 0 saturated heterocycles. The van der Waals surface area contributed by atoms with Crippen LogP contribution in [0.25, 0.3) is 0 Å². The molecule has 0 heterocycles. The molecule has 0 radical (unpaired) electrons. The third-order valence-electron chi connectivity index (χ3n) is 2.76. The van der Waals surface area contributed by atoms with Crippen molar-refractivity contribution in [1.29, 1.82) is 0 Å². The lowest BCUT2D eigenvalue weighted by Crippen LogP contribution is -2.48. The van der Waals surface area contributed by atoms with E-state index in [4.69, 9.17) is 19.0 Å². The molecule has 0 aliphatic carbocycles. The summed E-state index contributed by atoms with van der Waals surface area (Å²) in [6.45, 7) is 10.2. The molecule has 0 spiro atoms. The Morgan fingerprint density at radius 3 is 2.11 bits per heavy atom. The number of hydrogen-bond acceptors (Lipinski definition) is 4. The lowest BCUT2D eigenvalue weighted by atomic mass is 10.2. The van der Waals surface area contributed by atoms with Crippen LogP contribution in [-0.4, -0.2) is 34.7 Å². The molecule has 0 amide bonds. The van der Waals surface area contributed by atoms with Crippen LogP contribution in [0.1, 0.15) is 53.4 Å². The van der Waals surface area contributed by atoms with Crippen molar-refractivity contribution in [3.63, 3.8) is 0 Å². The molecule has 18 heavy (non-hydrogen) atoms. The second-order valence-electron chi connectivity index (χ2n) is 4.51. The smallest absolute Gasteiger partial charge is 0.374 e. The first-order chi connectivity index (χ1) is 8.64. The number of unbranched alkanes of at least 4 members (excludes halogenated alkanes) is 1. The number of rotatable bonds is 12. The molecule has 110 valence electrons. The second kappa shape index (κ2) is 10.9. The van der Waals surface area contributed by atoms with Crippen molar-refractivity contribution in [2.45, 2.75) is 65.5 Å². The fourth-order valence-electron chi connectivity index (χ4n) is 1.93. The van der Waals surface area contributed by atoms with Crippen molar-refractivity contribution in [1.82, 2.24) is 0 Å². The van der Waals surface area contributed by atoms with E-state index in [1.807, 2.05) is 13.8 Å². The molecule has 0 saturated carbocycles. The van der Waals surface area contributed by atoms with E-state index in [-0.39, 0.29) is 6.10 Å². The highest BCUT2D eigenvalue weighted by Crippen LogP contribution is 2.21. The van der Waals surface area contributed by atoms with E-state index in [2.05, 4.69) is 13.8 Å². The molecule has 0 fully saturated rings. The zero-order valence-electron chi connectivity index (χ0n) is 12.5. The second-order valence-corrected chi connectivity index (χ2v) is 7.19. The molecule has 4 nitrogen and oxygen atoms in total. The third-order valence-corrected chi connectivity index (χ3v) is 5.94. The van der Waals surface area contributed by atoms with E-state index in [0.29, 0.717) is 19.8 Å². The van der Waals surface area contributed by atoms with Gasteiger partial charge in [0.1, 0.15) is 0 Å². The first kappa shape index (κ1) is 18.1. The van der Waals surface area contributed by atoms with E-state index in [1.165, 1.54) is 12.8 Å². The van der Waals surface area contributed by atoms with Gasteiger partial charge in [-0.3, -0.25) is 0 Å². The summed E-state index contributed by atoms with van der Waals surface area (Å²) in [5.74, 6) is 0. The summed E-state index contributed by atoms with van der Waals surface area (Å²) in [5, 5.41) is 0. The maximum Gasteiger partial charge on any atom is 0.501 e. The van der Waals surface area contributed by atoms with Gasteiger partial charge in [0.05, 0.1) is 0 Å². The van der Waals surface area contributed by atoms with E-state index >= 15 is 0 Å². The Balaban J connectivity index is 4.47. The van der Waals surface area contributed by atoms with Gasteiger partial charge < -0.3 is 19.0 Å². The SMILES string of the molecule is CCCCC(C)O[Si](CCCN)(OCC)OCC. The molecule has 0 rings (SSSR count). The molecule has 2 N–H and O–H groups in total. The Hall–Kier alpha value is 0.0569. The minimum absolute atomic E-state index is 0.201. The lowest BCUT2D eigenvalue weighted by Gasteiger charge is -2.31. The number of hydrogen-bond donors (Lipinski definition) is 1. The highest BCUT2D eigenvalue weighted by atomic mass is 28.4. The molecule has 1 atom stereocenters. The predicted molar refractivity (Wildman–Crippen MR) is 77.6 cm³/mol. The third kappa shape index (κ3) is 7.48. The average Bonchev–Trinajstić information content (AvgIpc) is 2.34. The van der Waals surface area contributed by atoms with Crippen molar-refractivity contribution in [3.05, 3.63) is 0 Å². The summed E-state index contributed by atoms with van der Waals surface area (Å²) < 4.78 is 17.9. The van der Waals surface area contributed by atoms with Crippen LogP contribution in [0.2, 0.25) is 6.04 Å². The fourth-order valence-corrected chi connectivity index (χ4v) is 4.80. The van der Waals surface area contributed by atoms with Crippen LogP contribution in [0.15, 0.2) is 0 Å². The van der Waals surface area contributed by atoms with Gasteiger partial charge in [-0.15, -0.1) is 0 Å². The van der Waals surface area contributed by atoms with Crippen LogP contribution in [-0.2, 0) is 13.3 Å². The lowest BCUT2D eigenvalue weighted by molar-refractivity contribution is 0.0346. The van der Waals surface area contributed by atoms with E-state index < -0.39 is 8.80 Å². The van der Waals surface area contributed by atoms with Gasteiger partial charge in [0.15, 0.2) is 0 Å². The van der Waals surface area contributed by atoms with Gasteiger partial charge in [-0.05, 0) is 40.2 Å². The molecule has 1 unspecified atom stereocenters. The Kier molecular flexibility index (Phi) is 11.0. The van der Waals surface area contributed by atoms with Gasteiger partial charge in [-0.2, -0.15) is 0 Å². The van der Waals surface area contributed by atoms with Crippen molar-refractivity contribution in [3.8, 4) is 0 Å². The largest absolute Gasteiger partial charge is 0.501 e. The minimum atomic E-state index is -2.51. The summed E-state index contributed by atoms with van der Waals surface area (Å²) in [7, 11) is -2.51. The van der Waals surface area contributed by atoms with Crippen LogP contribution < -0.4 is 5.73 Å². The predicted octanol–water partition coefficient (Wildman–Crippen LogP) is 2.94. The van der Waals surface area contributed by atoms with Crippen LogP contribution in [0.5, 0.6) is 0 Å². The normalized spacial score (nSPS) is 13.8. The Morgan fingerprint density at radius 2 is 1.67 bits per heavy atom. The first-order valence-corrected chi connectivity index (χ1v) is 9.23. The summed E-state index contributed by atoms with van der Waals surface area (Å²) >= 11 is 0. The number of nitrogens with two attached hydrogens (primary N) is 1. The molecule has 5 heteroatoms. The van der Waals surface area contributed by atoms with Crippen molar-refractivity contribution >= 4 is 8.80 Å². The monoisotopic (exact) mass is 277 g/mol. The zero-order valence-corrected chi connectivity index (χ0v) is 13.5. The molecule has 0 aromatic carbocycles. The van der Waals surface area contributed by atoms with Crippen molar-refractivity contribution < 1.29 is 13.3 Å². The van der Waals surface area contributed by atoms with Crippen LogP contribution in [0.4, 0.5) is 0 Å². The van der Waals surface area contributed by atoms with Gasteiger partial charge in [0.25, 0.3) is 0 Å². The highest BCUT2D eigenvalue weighted by molar-refractivity contribution is 6.60. The molecule has 0 aromatic rings. The van der Waals surface area contributed by atoms with Crippen molar-refractivity contribution in [2.75, 3.05) is 19.8 Å². The topological polar surface area (TPSA) is 53.7 Å². The van der Waals surface area contributed by atoms with E-state index in [0.717, 1.165) is 18.9 Å². The summed E-state index contributed by atoms with van der Waals surface area (Å²) in [6, 6.07) is 0.821. The molecule has 0 bridgehead atoms. The molecular weight excluding hydrogens is 246 g/mol.